The van der Waals surface area contributed by atoms with Crippen LogP contribution in [0, 0.1) is 10.1 Å². The molecule has 0 unspecified atom stereocenters. The number of anilines is 1. The third-order valence-corrected chi connectivity index (χ3v) is 2.84. The maximum Gasteiger partial charge on any atom is 0.270 e. The van der Waals surface area contributed by atoms with Gasteiger partial charge in [-0.25, -0.2) is 0 Å². The number of nitrogens with zero attached hydrogens (tertiary/aromatic N) is 2. The van der Waals surface area contributed by atoms with Crippen LogP contribution in [-0.4, -0.2) is 58.8 Å². The SMILES string of the molecule is CCNc1ccc([N+](=O)[O-])cc1C(=O)N(CCO)CCO. The molecule has 8 heteroatoms. The summed E-state index contributed by atoms with van der Waals surface area (Å²) in [5, 5.41) is 31.8. The molecule has 0 aliphatic rings. The zero-order chi connectivity index (χ0) is 15.8. The Balaban J connectivity index is 3.18. The first kappa shape index (κ1) is 16.9. The standard InChI is InChI=1S/C13H19N3O5/c1-2-14-12-4-3-10(16(20)21)9-11(12)13(19)15(5-7-17)6-8-18/h3-4,9,14,17-18H,2,5-8H2,1H3. The number of carbonyl (C=O) groups is 1. The smallest absolute Gasteiger partial charge is 0.270 e. The molecule has 0 heterocycles. The summed E-state index contributed by atoms with van der Waals surface area (Å²) < 4.78 is 0. The van der Waals surface area contributed by atoms with E-state index >= 15 is 0 Å². The molecule has 0 saturated heterocycles. The molecule has 0 saturated carbocycles. The van der Waals surface area contributed by atoms with Gasteiger partial charge in [0.1, 0.15) is 0 Å². The molecule has 116 valence electrons. The van der Waals surface area contributed by atoms with Gasteiger partial charge in [-0.3, -0.25) is 14.9 Å². The van der Waals surface area contributed by atoms with Crippen LogP contribution in [0.25, 0.3) is 0 Å². The number of carbonyl (C=O) groups excluding carboxylic acids is 1. The number of nitro groups is 1. The fraction of sp³-hybridized carbons (Fsp3) is 0.462. The lowest BCUT2D eigenvalue weighted by molar-refractivity contribution is -0.384. The molecule has 0 spiro atoms. The second-order valence-corrected chi connectivity index (χ2v) is 4.26. The van der Waals surface area contributed by atoms with E-state index in [4.69, 9.17) is 10.2 Å². The fourth-order valence-electron chi connectivity index (χ4n) is 1.89. The van der Waals surface area contributed by atoms with Crippen LogP contribution in [0.5, 0.6) is 0 Å². The average Bonchev–Trinajstić information content (AvgIpc) is 2.47. The molecule has 0 radical (unpaired) electrons. The highest BCUT2D eigenvalue weighted by molar-refractivity contribution is 6.00. The molecule has 8 nitrogen and oxygen atoms in total. The molecule has 0 fully saturated rings. The molecule has 3 N–H and O–H groups in total. The van der Waals surface area contributed by atoms with E-state index in [0.717, 1.165) is 0 Å². The van der Waals surface area contributed by atoms with Crippen molar-refractivity contribution in [3.63, 3.8) is 0 Å². The van der Waals surface area contributed by atoms with Crippen LogP contribution in [0.4, 0.5) is 11.4 Å². The van der Waals surface area contributed by atoms with Gasteiger partial charge in [-0.05, 0) is 13.0 Å². The monoisotopic (exact) mass is 297 g/mol. The van der Waals surface area contributed by atoms with Crippen molar-refractivity contribution in [3.05, 3.63) is 33.9 Å². The minimum Gasteiger partial charge on any atom is -0.395 e. The van der Waals surface area contributed by atoms with E-state index in [1.807, 2.05) is 6.92 Å². The van der Waals surface area contributed by atoms with Gasteiger partial charge in [0.25, 0.3) is 11.6 Å². The zero-order valence-corrected chi connectivity index (χ0v) is 11.8. The Morgan fingerprint density at radius 1 is 1.33 bits per heavy atom. The number of nitro benzene ring substituents is 1. The number of nitrogens with one attached hydrogen (secondary N) is 1. The lowest BCUT2D eigenvalue weighted by Gasteiger charge is -2.22. The van der Waals surface area contributed by atoms with Crippen LogP contribution in [0.2, 0.25) is 0 Å². The number of hydrogen-bond acceptors (Lipinski definition) is 6. The van der Waals surface area contributed by atoms with Gasteiger partial charge in [0, 0.05) is 37.5 Å². The fourth-order valence-corrected chi connectivity index (χ4v) is 1.89. The van der Waals surface area contributed by atoms with Crippen LogP contribution in [0.15, 0.2) is 18.2 Å². The molecule has 0 aliphatic heterocycles. The first-order valence-electron chi connectivity index (χ1n) is 6.58. The van der Waals surface area contributed by atoms with Crippen LogP contribution in [0.1, 0.15) is 17.3 Å². The minimum absolute atomic E-state index is 0.0493. The van der Waals surface area contributed by atoms with Crippen molar-refractivity contribution >= 4 is 17.3 Å². The maximum atomic E-state index is 12.4. The van der Waals surface area contributed by atoms with E-state index in [0.29, 0.717) is 12.2 Å². The van der Waals surface area contributed by atoms with Gasteiger partial charge in [-0.15, -0.1) is 0 Å². The number of benzene rings is 1. The minimum atomic E-state index is -0.574. The zero-order valence-electron chi connectivity index (χ0n) is 11.8. The number of non-ortho nitro benzene ring substituents is 1. The molecule has 21 heavy (non-hydrogen) atoms. The summed E-state index contributed by atoms with van der Waals surface area (Å²) in [6, 6.07) is 3.99. The molecule has 1 rings (SSSR count). The third-order valence-electron chi connectivity index (χ3n) is 2.84. The van der Waals surface area contributed by atoms with Crippen LogP contribution in [0.3, 0.4) is 0 Å². The van der Waals surface area contributed by atoms with Crippen LogP contribution >= 0.6 is 0 Å². The molecular weight excluding hydrogens is 278 g/mol. The Bertz CT molecular complexity index is 501. The molecule has 1 aromatic rings. The van der Waals surface area contributed by atoms with Crippen molar-refractivity contribution in [1.82, 2.24) is 4.90 Å². The summed E-state index contributed by atoms with van der Waals surface area (Å²) in [4.78, 5) is 24.0. The van der Waals surface area contributed by atoms with Gasteiger partial charge in [-0.1, -0.05) is 0 Å². The Morgan fingerprint density at radius 2 is 1.95 bits per heavy atom. The highest BCUT2D eigenvalue weighted by Gasteiger charge is 2.21. The second-order valence-electron chi connectivity index (χ2n) is 4.26. The molecule has 0 atom stereocenters. The molecule has 0 aliphatic carbocycles. The number of aliphatic hydroxyl groups excluding tert-OH is 2. The van der Waals surface area contributed by atoms with E-state index in [1.54, 1.807) is 0 Å². The Labute approximate surface area is 122 Å². The molecule has 1 aromatic carbocycles. The van der Waals surface area contributed by atoms with Crippen LogP contribution < -0.4 is 5.32 Å². The first-order chi connectivity index (χ1) is 10.0. The van der Waals surface area contributed by atoms with E-state index < -0.39 is 10.8 Å². The summed E-state index contributed by atoms with van der Waals surface area (Å²) >= 11 is 0. The molecule has 1 amide bonds. The maximum absolute atomic E-state index is 12.4. The lowest BCUT2D eigenvalue weighted by atomic mass is 10.1. The predicted octanol–water partition coefficient (Wildman–Crippen LogP) is 0.453. The number of amides is 1. The van der Waals surface area contributed by atoms with Crippen LogP contribution in [-0.2, 0) is 0 Å². The summed E-state index contributed by atoms with van der Waals surface area (Å²) in [6.07, 6.45) is 0. The first-order valence-corrected chi connectivity index (χ1v) is 6.58. The number of hydrogen-bond donors (Lipinski definition) is 3. The summed E-state index contributed by atoms with van der Waals surface area (Å²) in [5.41, 5.74) is 0.440. The highest BCUT2D eigenvalue weighted by atomic mass is 16.6. The van der Waals surface area contributed by atoms with E-state index in [1.165, 1.54) is 23.1 Å². The van der Waals surface area contributed by atoms with Gasteiger partial charge in [0.2, 0.25) is 0 Å². The van der Waals surface area contributed by atoms with Gasteiger partial charge in [0.15, 0.2) is 0 Å². The summed E-state index contributed by atoms with van der Waals surface area (Å²) in [6.45, 7) is 1.99. The summed E-state index contributed by atoms with van der Waals surface area (Å²) in [7, 11) is 0. The molecular formula is C13H19N3O5. The van der Waals surface area contributed by atoms with E-state index in [-0.39, 0.29) is 37.6 Å². The van der Waals surface area contributed by atoms with Gasteiger partial charge in [0.05, 0.1) is 23.7 Å². The number of aliphatic hydroxyl groups is 2. The van der Waals surface area contributed by atoms with Crippen molar-refractivity contribution < 1.29 is 19.9 Å². The van der Waals surface area contributed by atoms with Crippen molar-refractivity contribution in [2.45, 2.75) is 6.92 Å². The van der Waals surface area contributed by atoms with E-state index in [2.05, 4.69) is 5.32 Å². The lowest BCUT2D eigenvalue weighted by Crippen LogP contribution is -2.36. The van der Waals surface area contributed by atoms with Crippen molar-refractivity contribution in [1.29, 1.82) is 0 Å². The Kier molecular flexibility index (Phi) is 6.57. The van der Waals surface area contributed by atoms with Gasteiger partial charge >= 0.3 is 0 Å². The van der Waals surface area contributed by atoms with Crippen molar-refractivity contribution in [2.24, 2.45) is 0 Å². The molecule has 0 aromatic heterocycles. The topological polar surface area (TPSA) is 116 Å². The average molecular weight is 297 g/mol. The second kappa shape index (κ2) is 8.18. The highest BCUT2D eigenvalue weighted by Crippen LogP contribution is 2.23. The normalized spacial score (nSPS) is 10.2. The largest absolute Gasteiger partial charge is 0.395 e. The summed E-state index contributed by atoms with van der Waals surface area (Å²) in [5.74, 6) is -0.474. The van der Waals surface area contributed by atoms with Crippen molar-refractivity contribution in [2.75, 3.05) is 38.2 Å². The predicted molar refractivity (Wildman–Crippen MR) is 77.3 cm³/mol. The number of rotatable bonds is 8. The van der Waals surface area contributed by atoms with Gasteiger partial charge in [-0.2, -0.15) is 0 Å². The third kappa shape index (κ3) is 4.40. The Morgan fingerprint density at radius 3 is 2.43 bits per heavy atom. The van der Waals surface area contributed by atoms with Gasteiger partial charge < -0.3 is 20.4 Å². The Hall–Kier alpha value is -2.19. The van der Waals surface area contributed by atoms with E-state index in [9.17, 15) is 14.9 Å². The quantitative estimate of drug-likeness (QED) is 0.474. The molecule has 0 bridgehead atoms. The van der Waals surface area contributed by atoms with Crippen molar-refractivity contribution in [3.8, 4) is 0 Å².